The molecule has 0 radical (unpaired) electrons. The first-order valence-corrected chi connectivity index (χ1v) is 9.45. The van der Waals surface area contributed by atoms with Crippen LogP contribution in [0, 0.1) is 0 Å². The summed E-state index contributed by atoms with van der Waals surface area (Å²) >= 11 is 0. The quantitative estimate of drug-likeness (QED) is 0.684. The fraction of sp³-hybridized carbons (Fsp3) is 0.474. The minimum atomic E-state index is -0.0201. The highest BCUT2D eigenvalue weighted by molar-refractivity contribution is 5.33. The maximum absolute atomic E-state index is 12.2. The van der Waals surface area contributed by atoms with E-state index in [1.54, 1.807) is 22.6 Å². The molecule has 0 amide bonds. The second-order valence-corrected chi connectivity index (χ2v) is 7.09. The summed E-state index contributed by atoms with van der Waals surface area (Å²) < 4.78 is 5.02. The molecule has 0 spiro atoms. The number of hydrogen-bond acceptors (Lipinski definition) is 5. The fourth-order valence-electron chi connectivity index (χ4n) is 3.89. The van der Waals surface area contributed by atoms with Gasteiger partial charge in [-0.25, -0.2) is 19.1 Å². The highest BCUT2D eigenvalue weighted by Gasteiger charge is 2.26. The van der Waals surface area contributed by atoms with Gasteiger partial charge in [-0.2, -0.15) is 10.2 Å². The van der Waals surface area contributed by atoms with Crippen LogP contribution in [-0.2, 0) is 20.1 Å². The zero-order valence-corrected chi connectivity index (χ0v) is 15.8. The van der Waals surface area contributed by atoms with Crippen molar-refractivity contribution in [2.75, 3.05) is 13.1 Å². The molecule has 27 heavy (non-hydrogen) atoms. The first-order chi connectivity index (χ1) is 13.2. The van der Waals surface area contributed by atoms with E-state index in [2.05, 4.69) is 44.3 Å². The van der Waals surface area contributed by atoms with E-state index in [1.165, 1.54) is 16.6 Å². The van der Waals surface area contributed by atoms with E-state index in [-0.39, 0.29) is 5.69 Å². The van der Waals surface area contributed by atoms with Crippen LogP contribution in [0.15, 0.2) is 41.7 Å². The Labute approximate surface area is 158 Å². The zero-order valence-electron chi connectivity index (χ0n) is 15.8. The SMILES string of the molecule is CCn1c([C@H]2CCCN(Cc3ccc(-n4cncn4)cc3)C2)nn(C)c1=O. The molecule has 0 aliphatic carbocycles. The van der Waals surface area contributed by atoms with Crippen molar-refractivity contribution < 1.29 is 0 Å². The molecule has 1 saturated heterocycles. The number of benzene rings is 1. The van der Waals surface area contributed by atoms with Crippen LogP contribution in [0.4, 0.5) is 0 Å². The van der Waals surface area contributed by atoms with Crippen molar-refractivity contribution in [2.45, 2.75) is 38.8 Å². The van der Waals surface area contributed by atoms with Crippen molar-refractivity contribution in [2.24, 2.45) is 7.05 Å². The zero-order chi connectivity index (χ0) is 18.8. The Morgan fingerprint density at radius 1 is 1.22 bits per heavy atom. The lowest BCUT2D eigenvalue weighted by molar-refractivity contribution is 0.194. The molecule has 0 unspecified atom stereocenters. The molecule has 1 aromatic carbocycles. The third-order valence-corrected chi connectivity index (χ3v) is 5.25. The van der Waals surface area contributed by atoms with Gasteiger partial charge in [0, 0.05) is 32.6 Å². The molecule has 8 heteroatoms. The third kappa shape index (κ3) is 3.57. The number of rotatable bonds is 5. The fourth-order valence-corrected chi connectivity index (χ4v) is 3.89. The normalized spacial score (nSPS) is 18.1. The van der Waals surface area contributed by atoms with Crippen molar-refractivity contribution in [3.05, 3.63) is 58.8 Å². The summed E-state index contributed by atoms with van der Waals surface area (Å²) in [5.74, 6) is 1.23. The molecule has 1 aliphatic rings. The minimum absolute atomic E-state index is 0.0201. The molecule has 1 atom stereocenters. The molecule has 8 nitrogen and oxygen atoms in total. The molecule has 1 fully saturated rings. The molecular formula is C19H25N7O. The van der Waals surface area contributed by atoms with E-state index < -0.39 is 0 Å². The number of nitrogens with zero attached hydrogens (tertiary/aromatic N) is 7. The maximum atomic E-state index is 12.2. The Morgan fingerprint density at radius 2 is 2.04 bits per heavy atom. The molecule has 0 bridgehead atoms. The molecular weight excluding hydrogens is 342 g/mol. The lowest BCUT2D eigenvalue weighted by atomic mass is 9.96. The summed E-state index contributed by atoms with van der Waals surface area (Å²) in [6, 6.07) is 8.42. The van der Waals surface area contributed by atoms with Crippen LogP contribution in [0.25, 0.3) is 5.69 Å². The maximum Gasteiger partial charge on any atom is 0.345 e. The average Bonchev–Trinajstić information content (AvgIpc) is 3.32. The first-order valence-electron chi connectivity index (χ1n) is 9.45. The summed E-state index contributed by atoms with van der Waals surface area (Å²) in [6.07, 6.45) is 5.44. The predicted octanol–water partition coefficient (Wildman–Crippen LogP) is 1.56. The van der Waals surface area contributed by atoms with Gasteiger partial charge in [-0.05, 0) is 44.0 Å². The van der Waals surface area contributed by atoms with Crippen molar-refractivity contribution >= 4 is 0 Å². The van der Waals surface area contributed by atoms with Crippen LogP contribution in [0.2, 0.25) is 0 Å². The summed E-state index contributed by atoms with van der Waals surface area (Å²) in [4.78, 5) is 18.6. The largest absolute Gasteiger partial charge is 0.345 e. The number of aromatic nitrogens is 6. The molecule has 142 valence electrons. The molecule has 2 aromatic heterocycles. The topological polar surface area (TPSA) is 73.8 Å². The summed E-state index contributed by atoms with van der Waals surface area (Å²) in [5.41, 5.74) is 2.26. The van der Waals surface area contributed by atoms with Crippen LogP contribution in [0.3, 0.4) is 0 Å². The van der Waals surface area contributed by atoms with Crippen molar-refractivity contribution in [1.82, 2.24) is 34.0 Å². The van der Waals surface area contributed by atoms with Gasteiger partial charge in [0.05, 0.1) is 5.69 Å². The van der Waals surface area contributed by atoms with Gasteiger partial charge >= 0.3 is 5.69 Å². The van der Waals surface area contributed by atoms with Gasteiger partial charge in [-0.3, -0.25) is 9.47 Å². The van der Waals surface area contributed by atoms with E-state index in [4.69, 9.17) is 0 Å². The van der Waals surface area contributed by atoms with Gasteiger partial charge < -0.3 is 0 Å². The van der Waals surface area contributed by atoms with Crippen LogP contribution >= 0.6 is 0 Å². The Bertz CT molecular complexity index is 940. The van der Waals surface area contributed by atoms with Crippen LogP contribution in [0.5, 0.6) is 0 Å². The number of piperidine rings is 1. The van der Waals surface area contributed by atoms with Crippen LogP contribution in [-0.4, -0.2) is 47.1 Å². The third-order valence-electron chi connectivity index (χ3n) is 5.25. The Morgan fingerprint density at radius 3 is 2.74 bits per heavy atom. The highest BCUT2D eigenvalue weighted by atomic mass is 16.2. The molecule has 3 aromatic rings. The molecule has 1 aliphatic heterocycles. The molecule has 4 rings (SSSR count). The number of aryl methyl sites for hydroxylation is 1. The summed E-state index contributed by atoms with van der Waals surface area (Å²) in [7, 11) is 1.73. The van der Waals surface area contributed by atoms with E-state index in [1.807, 2.05) is 6.92 Å². The lowest BCUT2D eigenvalue weighted by Gasteiger charge is -2.32. The van der Waals surface area contributed by atoms with Crippen molar-refractivity contribution in [3.8, 4) is 5.69 Å². The average molecular weight is 367 g/mol. The van der Waals surface area contributed by atoms with E-state index in [0.29, 0.717) is 12.5 Å². The second kappa shape index (κ2) is 7.48. The van der Waals surface area contributed by atoms with E-state index in [9.17, 15) is 4.79 Å². The van der Waals surface area contributed by atoms with Crippen molar-refractivity contribution in [1.29, 1.82) is 0 Å². The van der Waals surface area contributed by atoms with Gasteiger partial charge in [0.15, 0.2) is 0 Å². The number of likely N-dealkylation sites (tertiary alicyclic amines) is 1. The van der Waals surface area contributed by atoms with Gasteiger partial charge in [-0.1, -0.05) is 12.1 Å². The van der Waals surface area contributed by atoms with Crippen LogP contribution < -0.4 is 5.69 Å². The smallest absolute Gasteiger partial charge is 0.298 e. The van der Waals surface area contributed by atoms with Crippen molar-refractivity contribution in [3.63, 3.8) is 0 Å². The highest BCUT2D eigenvalue weighted by Crippen LogP contribution is 2.26. The van der Waals surface area contributed by atoms with E-state index >= 15 is 0 Å². The molecule has 3 heterocycles. The second-order valence-electron chi connectivity index (χ2n) is 7.09. The van der Waals surface area contributed by atoms with Gasteiger partial charge in [0.1, 0.15) is 18.5 Å². The Balaban J connectivity index is 1.46. The molecule has 0 N–H and O–H groups in total. The van der Waals surface area contributed by atoms with Crippen LogP contribution in [0.1, 0.15) is 37.1 Å². The standard InChI is InChI=1S/C19H25N7O/c1-3-25-18(22-23(2)19(25)27)16-5-4-10-24(12-16)11-15-6-8-17(9-7-15)26-14-20-13-21-26/h6-9,13-14,16H,3-5,10-12H2,1-2H3/t16-/m0/s1. The first kappa shape index (κ1) is 17.7. The number of hydrogen-bond donors (Lipinski definition) is 0. The van der Waals surface area contributed by atoms with E-state index in [0.717, 1.165) is 44.0 Å². The Kier molecular flexibility index (Phi) is 4.89. The van der Waals surface area contributed by atoms with Gasteiger partial charge in [0.2, 0.25) is 0 Å². The summed E-state index contributed by atoms with van der Waals surface area (Å²) in [6.45, 7) is 5.58. The van der Waals surface area contributed by atoms with Gasteiger partial charge in [-0.15, -0.1) is 0 Å². The minimum Gasteiger partial charge on any atom is -0.298 e. The van der Waals surface area contributed by atoms with Gasteiger partial charge in [0.25, 0.3) is 0 Å². The Hall–Kier alpha value is -2.74. The predicted molar refractivity (Wildman–Crippen MR) is 102 cm³/mol. The molecule has 0 saturated carbocycles. The summed E-state index contributed by atoms with van der Waals surface area (Å²) in [5, 5.41) is 8.67. The monoisotopic (exact) mass is 367 g/mol. The lowest BCUT2D eigenvalue weighted by Crippen LogP contribution is -2.35.